The van der Waals surface area contributed by atoms with Gasteiger partial charge in [0.1, 0.15) is 6.04 Å². The predicted molar refractivity (Wildman–Crippen MR) is 62.0 cm³/mol. The van der Waals surface area contributed by atoms with Gasteiger partial charge in [0.15, 0.2) is 0 Å². The lowest BCUT2D eigenvalue weighted by atomic mass is 10.1. The highest BCUT2D eigenvalue weighted by Gasteiger charge is 2.44. The van der Waals surface area contributed by atoms with Crippen molar-refractivity contribution in [2.24, 2.45) is 0 Å². The lowest BCUT2D eigenvalue weighted by molar-refractivity contribution is -0.143. The Morgan fingerprint density at radius 3 is 2.81 bits per heavy atom. The highest BCUT2D eigenvalue weighted by Crippen LogP contribution is 2.32. The van der Waals surface area contributed by atoms with Gasteiger partial charge in [0, 0.05) is 12.6 Å². The Hall–Kier alpha value is -1.35. The molecule has 3 nitrogen and oxygen atoms in total. The molecule has 1 aliphatic heterocycles. The number of carbonyl (C=O) groups is 1. The van der Waals surface area contributed by atoms with Gasteiger partial charge in [0.2, 0.25) is 0 Å². The molecule has 0 spiro atoms. The summed E-state index contributed by atoms with van der Waals surface area (Å²) in [5.74, 6) is -0.0923. The van der Waals surface area contributed by atoms with Crippen molar-refractivity contribution in [3.63, 3.8) is 0 Å². The molecule has 1 heterocycles. The molecule has 1 aromatic carbocycles. The molecule has 1 fully saturated rings. The van der Waals surface area contributed by atoms with Crippen LogP contribution in [0.2, 0.25) is 0 Å². The second-order valence-corrected chi connectivity index (χ2v) is 4.05. The molecule has 0 radical (unpaired) electrons. The number of nitrogens with zero attached hydrogens (tertiary/aromatic N) is 1. The molecule has 1 aliphatic rings. The summed E-state index contributed by atoms with van der Waals surface area (Å²) in [4.78, 5) is 13.6. The van der Waals surface area contributed by atoms with Gasteiger partial charge in [-0.2, -0.15) is 0 Å². The predicted octanol–water partition coefficient (Wildman–Crippen LogP) is 1.99. The maximum absolute atomic E-state index is 11.5. The van der Waals surface area contributed by atoms with Gasteiger partial charge >= 0.3 is 5.97 Å². The highest BCUT2D eigenvalue weighted by atomic mass is 16.5. The summed E-state index contributed by atoms with van der Waals surface area (Å²) in [7, 11) is 0. The SMILES string of the molecule is CCOC(=O)C1CN1[C@@H](C)c1ccccc1. The second-order valence-electron chi connectivity index (χ2n) is 4.05. The Kier molecular flexibility index (Phi) is 3.25. The first-order valence-electron chi connectivity index (χ1n) is 5.71. The third kappa shape index (κ3) is 2.25. The minimum absolute atomic E-state index is 0.0323. The Labute approximate surface area is 96.0 Å². The van der Waals surface area contributed by atoms with Crippen LogP contribution in [-0.4, -0.2) is 30.1 Å². The fraction of sp³-hybridized carbons (Fsp3) is 0.462. The van der Waals surface area contributed by atoms with Crippen LogP contribution in [0.4, 0.5) is 0 Å². The molecule has 2 unspecified atom stereocenters. The van der Waals surface area contributed by atoms with Gasteiger partial charge < -0.3 is 4.74 Å². The summed E-state index contributed by atoms with van der Waals surface area (Å²) >= 11 is 0. The molecule has 0 aromatic heterocycles. The van der Waals surface area contributed by atoms with Crippen molar-refractivity contribution in [3.8, 4) is 0 Å². The first kappa shape index (κ1) is 11.1. The largest absolute Gasteiger partial charge is 0.465 e. The Bertz CT molecular complexity index is 363. The third-order valence-corrected chi connectivity index (χ3v) is 2.99. The summed E-state index contributed by atoms with van der Waals surface area (Å²) < 4.78 is 5.00. The van der Waals surface area contributed by atoms with Crippen molar-refractivity contribution >= 4 is 5.97 Å². The minimum Gasteiger partial charge on any atom is -0.465 e. The first-order valence-corrected chi connectivity index (χ1v) is 5.71. The van der Waals surface area contributed by atoms with E-state index in [-0.39, 0.29) is 18.1 Å². The summed E-state index contributed by atoms with van der Waals surface area (Å²) in [6.45, 7) is 5.23. The van der Waals surface area contributed by atoms with Crippen molar-refractivity contribution < 1.29 is 9.53 Å². The summed E-state index contributed by atoms with van der Waals surface area (Å²) in [5.41, 5.74) is 1.24. The summed E-state index contributed by atoms with van der Waals surface area (Å²) in [6.07, 6.45) is 0. The van der Waals surface area contributed by atoms with E-state index in [1.165, 1.54) is 5.56 Å². The van der Waals surface area contributed by atoms with Gasteiger partial charge in [-0.1, -0.05) is 30.3 Å². The molecular formula is C13H17NO2. The molecule has 0 aliphatic carbocycles. The first-order chi connectivity index (χ1) is 7.74. The van der Waals surface area contributed by atoms with Crippen LogP contribution in [-0.2, 0) is 9.53 Å². The van der Waals surface area contributed by atoms with Crippen molar-refractivity contribution in [2.45, 2.75) is 25.9 Å². The van der Waals surface area contributed by atoms with E-state index in [1.807, 2.05) is 25.1 Å². The topological polar surface area (TPSA) is 29.3 Å². The Morgan fingerprint density at radius 1 is 1.50 bits per heavy atom. The van der Waals surface area contributed by atoms with Crippen molar-refractivity contribution in [1.29, 1.82) is 0 Å². The molecule has 16 heavy (non-hydrogen) atoms. The fourth-order valence-corrected chi connectivity index (χ4v) is 1.95. The third-order valence-electron chi connectivity index (χ3n) is 2.99. The average molecular weight is 219 g/mol. The van der Waals surface area contributed by atoms with Crippen LogP contribution in [0.15, 0.2) is 30.3 Å². The zero-order chi connectivity index (χ0) is 11.5. The number of ether oxygens (including phenoxy) is 1. The van der Waals surface area contributed by atoms with Crippen LogP contribution in [0.5, 0.6) is 0 Å². The molecule has 86 valence electrons. The molecule has 1 saturated heterocycles. The summed E-state index contributed by atoms with van der Waals surface area (Å²) in [6, 6.07) is 10.5. The highest BCUT2D eigenvalue weighted by molar-refractivity contribution is 5.79. The van der Waals surface area contributed by atoms with E-state index < -0.39 is 0 Å². The minimum atomic E-state index is -0.0923. The monoisotopic (exact) mass is 219 g/mol. The molecule has 0 saturated carbocycles. The van der Waals surface area contributed by atoms with E-state index in [0.29, 0.717) is 6.61 Å². The number of hydrogen-bond donors (Lipinski definition) is 0. The van der Waals surface area contributed by atoms with E-state index >= 15 is 0 Å². The van der Waals surface area contributed by atoms with Crippen LogP contribution >= 0.6 is 0 Å². The number of benzene rings is 1. The standard InChI is InChI=1S/C13H17NO2/c1-3-16-13(15)12-9-14(12)10(2)11-7-5-4-6-8-11/h4-8,10,12H,3,9H2,1-2H3/t10-,12?,14?/m0/s1. The number of rotatable bonds is 4. The molecular weight excluding hydrogens is 202 g/mol. The quantitative estimate of drug-likeness (QED) is 0.573. The van der Waals surface area contributed by atoms with Crippen LogP contribution < -0.4 is 0 Å². The van der Waals surface area contributed by atoms with Crippen molar-refractivity contribution in [1.82, 2.24) is 4.90 Å². The normalized spacial score (nSPS) is 24.9. The molecule has 0 N–H and O–H groups in total. The van der Waals surface area contributed by atoms with E-state index in [1.54, 1.807) is 0 Å². The Morgan fingerprint density at radius 2 is 2.19 bits per heavy atom. The van der Waals surface area contributed by atoms with Gasteiger partial charge in [-0.25, -0.2) is 0 Å². The van der Waals surface area contributed by atoms with Crippen molar-refractivity contribution in [2.75, 3.05) is 13.2 Å². The lowest BCUT2D eigenvalue weighted by Gasteiger charge is -2.13. The molecule has 0 bridgehead atoms. The van der Waals surface area contributed by atoms with Crippen molar-refractivity contribution in [3.05, 3.63) is 35.9 Å². The molecule has 0 amide bonds. The maximum atomic E-state index is 11.5. The van der Waals surface area contributed by atoms with Gasteiger partial charge in [-0.05, 0) is 19.4 Å². The van der Waals surface area contributed by atoms with Gasteiger partial charge in [-0.3, -0.25) is 9.69 Å². The maximum Gasteiger partial charge on any atom is 0.324 e. The number of hydrogen-bond acceptors (Lipinski definition) is 3. The van der Waals surface area contributed by atoms with E-state index in [0.717, 1.165) is 6.54 Å². The molecule has 2 rings (SSSR count). The Balaban J connectivity index is 1.94. The lowest BCUT2D eigenvalue weighted by Crippen LogP contribution is -2.18. The van der Waals surface area contributed by atoms with Crippen LogP contribution in [0, 0.1) is 0 Å². The zero-order valence-corrected chi connectivity index (χ0v) is 9.72. The number of carbonyl (C=O) groups excluding carboxylic acids is 1. The zero-order valence-electron chi connectivity index (χ0n) is 9.72. The van der Waals surface area contributed by atoms with E-state index in [9.17, 15) is 4.79 Å². The molecule has 3 heteroatoms. The molecule has 3 atom stereocenters. The fourth-order valence-electron chi connectivity index (χ4n) is 1.95. The van der Waals surface area contributed by atoms with Gasteiger partial charge in [0.05, 0.1) is 6.61 Å². The number of esters is 1. The van der Waals surface area contributed by atoms with Gasteiger partial charge in [-0.15, -0.1) is 0 Å². The smallest absolute Gasteiger partial charge is 0.324 e. The average Bonchev–Trinajstić information content (AvgIpc) is 3.09. The van der Waals surface area contributed by atoms with Crippen LogP contribution in [0.3, 0.4) is 0 Å². The molecule has 1 aromatic rings. The van der Waals surface area contributed by atoms with E-state index in [4.69, 9.17) is 4.74 Å². The second kappa shape index (κ2) is 4.66. The van der Waals surface area contributed by atoms with E-state index in [2.05, 4.69) is 24.0 Å². The van der Waals surface area contributed by atoms with Crippen LogP contribution in [0.1, 0.15) is 25.5 Å². The van der Waals surface area contributed by atoms with Gasteiger partial charge in [0.25, 0.3) is 0 Å². The van der Waals surface area contributed by atoms with Crippen LogP contribution in [0.25, 0.3) is 0 Å². The summed E-state index contributed by atoms with van der Waals surface area (Å²) in [5, 5.41) is 0.